The average molecular weight is 375 g/mol. The maximum absolute atomic E-state index is 12.8. The topological polar surface area (TPSA) is 77.8 Å². The Morgan fingerprint density at radius 2 is 1.75 bits per heavy atom. The first-order chi connectivity index (χ1) is 13.6. The van der Waals surface area contributed by atoms with E-state index in [2.05, 4.69) is 5.32 Å². The SMILES string of the molecule is COc1cccc(C(=O)Nc2ccc3c(=O)c4cccc(OC)c4oc3c2)c1. The van der Waals surface area contributed by atoms with Gasteiger partial charge in [0.05, 0.1) is 25.0 Å². The van der Waals surface area contributed by atoms with Crippen LogP contribution in [0.2, 0.25) is 0 Å². The summed E-state index contributed by atoms with van der Waals surface area (Å²) in [5.41, 5.74) is 1.56. The number of hydrogen-bond donors (Lipinski definition) is 1. The van der Waals surface area contributed by atoms with E-state index in [1.165, 1.54) is 7.11 Å². The van der Waals surface area contributed by atoms with Crippen LogP contribution in [0.25, 0.3) is 21.9 Å². The van der Waals surface area contributed by atoms with E-state index in [0.29, 0.717) is 44.7 Å². The van der Waals surface area contributed by atoms with E-state index >= 15 is 0 Å². The zero-order valence-corrected chi connectivity index (χ0v) is 15.3. The molecule has 0 bridgehead atoms. The van der Waals surface area contributed by atoms with Gasteiger partial charge in [-0.2, -0.15) is 0 Å². The molecule has 0 aliphatic carbocycles. The van der Waals surface area contributed by atoms with Gasteiger partial charge in [0.15, 0.2) is 11.3 Å². The third kappa shape index (κ3) is 3.05. The first kappa shape index (κ1) is 17.6. The Kier molecular flexibility index (Phi) is 4.45. The predicted octanol–water partition coefficient (Wildman–Crippen LogP) is 4.22. The Bertz CT molecular complexity index is 1260. The molecule has 6 heteroatoms. The molecule has 0 aliphatic rings. The van der Waals surface area contributed by atoms with Crippen LogP contribution in [0.1, 0.15) is 10.4 Å². The zero-order valence-electron chi connectivity index (χ0n) is 15.3. The molecule has 28 heavy (non-hydrogen) atoms. The molecule has 0 saturated heterocycles. The van der Waals surface area contributed by atoms with Crippen molar-refractivity contribution in [3.8, 4) is 11.5 Å². The lowest BCUT2D eigenvalue weighted by molar-refractivity contribution is 0.102. The van der Waals surface area contributed by atoms with Gasteiger partial charge in [0.25, 0.3) is 5.91 Å². The highest BCUT2D eigenvalue weighted by atomic mass is 16.5. The van der Waals surface area contributed by atoms with E-state index in [1.54, 1.807) is 67.8 Å². The number of rotatable bonds is 4. The van der Waals surface area contributed by atoms with Crippen LogP contribution < -0.4 is 20.2 Å². The highest BCUT2D eigenvalue weighted by molar-refractivity contribution is 6.05. The molecule has 1 amide bonds. The minimum absolute atomic E-state index is 0.152. The Balaban J connectivity index is 1.75. The van der Waals surface area contributed by atoms with Gasteiger partial charge in [-0.25, -0.2) is 0 Å². The van der Waals surface area contributed by atoms with E-state index in [-0.39, 0.29) is 11.3 Å². The second-order valence-electron chi connectivity index (χ2n) is 6.17. The summed E-state index contributed by atoms with van der Waals surface area (Å²) in [4.78, 5) is 25.3. The summed E-state index contributed by atoms with van der Waals surface area (Å²) in [6, 6.07) is 16.9. The van der Waals surface area contributed by atoms with Gasteiger partial charge < -0.3 is 19.2 Å². The molecule has 6 nitrogen and oxygen atoms in total. The molecular weight excluding hydrogens is 358 g/mol. The molecule has 0 aliphatic heterocycles. The summed E-state index contributed by atoms with van der Waals surface area (Å²) in [6.07, 6.45) is 0. The first-order valence-corrected chi connectivity index (χ1v) is 8.59. The normalized spacial score (nSPS) is 10.8. The van der Waals surface area contributed by atoms with Crippen LogP contribution in [0.3, 0.4) is 0 Å². The molecule has 0 spiro atoms. The van der Waals surface area contributed by atoms with Crippen molar-refractivity contribution < 1.29 is 18.7 Å². The van der Waals surface area contributed by atoms with Gasteiger partial charge in [0.1, 0.15) is 11.3 Å². The molecule has 140 valence electrons. The van der Waals surface area contributed by atoms with Gasteiger partial charge in [-0.1, -0.05) is 12.1 Å². The lowest BCUT2D eigenvalue weighted by Gasteiger charge is -2.09. The van der Waals surface area contributed by atoms with Crippen molar-refractivity contribution in [3.05, 3.63) is 76.5 Å². The van der Waals surface area contributed by atoms with E-state index in [0.717, 1.165) is 0 Å². The smallest absolute Gasteiger partial charge is 0.255 e. The quantitative estimate of drug-likeness (QED) is 0.541. The van der Waals surface area contributed by atoms with E-state index in [4.69, 9.17) is 13.9 Å². The second kappa shape index (κ2) is 7.08. The van der Waals surface area contributed by atoms with E-state index in [9.17, 15) is 9.59 Å². The maximum Gasteiger partial charge on any atom is 0.255 e. The molecule has 4 aromatic rings. The molecule has 1 aromatic heterocycles. The number of nitrogens with one attached hydrogen (secondary N) is 1. The number of para-hydroxylation sites is 1. The van der Waals surface area contributed by atoms with Gasteiger partial charge in [-0.3, -0.25) is 9.59 Å². The number of carbonyl (C=O) groups is 1. The van der Waals surface area contributed by atoms with E-state index < -0.39 is 0 Å². The number of benzene rings is 3. The number of carbonyl (C=O) groups excluding carboxylic acids is 1. The van der Waals surface area contributed by atoms with Crippen LogP contribution in [0.4, 0.5) is 5.69 Å². The molecule has 0 fully saturated rings. The van der Waals surface area contributed by atoms with Crippen LogP contribution in [0.15, 0.2) is 69.9 Å². The molecular formula is C22H17NO5. The van der Waals surface area contributed by atoms with Gasteiger partial charge in [0, 0.05) is 17.3 Å². The summed E-state index contributed by atoms with van der Waals surface area (Å²) in [7, 11) is 3.06. The van der Waals surface area contributed by atoms with Crippen molar-refractivity contribution in [3.63, 3.8) is 0 Å². The molecule has 1 N–H and O–H groups in total. The molecule has 0 saturated carbocycles. The van der Waals surface area contributed by atoms with Crippen LogP contribution in [-0.2, 0) is 0 Å². The third-order valence-electron chi connectivity index (χ3n) is 4.47. The molecule has 0 unspecified atom stereocenters. The van der Waals surface area contributed by atoms with Gasteiger partial charge in [-0.05, 0) is 42.5 Å². The Hall–Kier alpha value is -3.80. The molecule has 0 radical (unpaired) electrons. The fourth-order valence-corrected chi connectivity index (χ4v) is 3.06. The highest BCUT2D eigenvalue weighted by Crippen LogP contribution is 2.28. The molecule has 3 aromatic carbocycles. The number of anilines is 1. The summed E-state index contributed by atoms with van der Waals surface area (Å²) in [6.45, 7) is 0. The molecule has 4 rings (SSSR count). The van der Waals surface area contributed by atoms with Crippen molar-refractivity contribution in [2.24, 2.45) is 0 Å². The fourth-order valence-electron chi connectivity index (χ4n) is 3.06. The van der Waals surface area contributed by atoms with Crippen molar-refractivity contribution >= 4 is 33.5 Å². The predicted molar refractivity (Wildman–Crippen MR) is 107 cm³/mol. The second-order valence-corrected chi connectivity index (χ2v) is 6.17. The Labute approximate surface area is 160 Å². The van der Waals surface area contributed by atoms with Crippen molar-refractivity contribution in [1.29, 1.82) is 0 Å². The lowest BCUT2D eigenvalue weighted by atomic mass is 10.1. The van der Waals surface area contributed by atoms with Crippen molar-refractivity contribution in [2.45, 2.75) is 0 Å². The van der Waals surface area contributed by atoms with Gasteiger partial charge in [0.2, 0.25) is 5.43 Å². The first-order valence-electron chi connectivity index (χ1n) is 8.59. The Morgan fingerprint density at radius 3 is 2.54 bits per heavy atom. The standard InChI is InChI=1S/C22H17NO5/c1-26-15-6-3-5-13(11-15)22(25)23-14-9-10-16-19(12-14)28-21-17(20(16)24)7-4-8-18(21)27-2/h3-12H,1-2H3,(H,23,25). The zero-order chi connectivity index (χ0) is 19.7. The third-order valence-corrected chi connectivity index (χ3v) is 4.47. The van der Waals surface area contributed by atoms with Crippen LogP contribution in [0.5, 0.6) is 11.5 Å². The minimum atomic E-state index is -0.293. The van der Waals surface area contributed by atoms with Gasteiger partial charge in [-0.15, -0.1) is 0 Å². The van der Waals surface area contributed by atoms with Crippen molar-refractivity contribution in [1.82, 2.24) is 0 Å². The monoisotopic (exact) mass is 375 g/mol. The summed E-state index contributed by atoms with van der Waals surface area (Å²) >= 11 is 0. The maximum atomic E-state index is 12.8. The fraction of sp³-hybridized carbons (Fsp3) is 0.0909. The van der Waals surface area contributed by atoms with E-state index in [1.807, 2.05) is 0 Å². The average Bonchev–Trinajstić information content (AvgIpc) is 2.73. The Morgan fingerprint density at radius 1 is 0.929 bits per heavy atom. The molecule has 1 heterocycles. The number of methoxy groups -OCH3 is 2. The lowest BCUT2D eigenvalue weighted by Crippen LogP contribution is -2.12. The van der Waals surface area contributed by atoms with Crippen LogP contribution in [-0.4, -0.2) is 20.1 Å². The molecule has 0 atom stereocenters. The number of hydrogen-bond acceptors (Lipinski definition) is 5. The summed E-state index contributed by atoms with van der Waals surface area (Å²) < 4.78 is 16.4. The minimum Gasteiger partial charge on any atom is -0.497 e. The largest absolute Gasteiger partial charge is 0.497 e. The van der Waals surface area contributed by atoms with Crippen LogP contribution >= 0.6 is 0 Å². The van der Waals surface area contributed by atoms with Gasteiger partial charge >= 0.3 is 0 Å². The summed E-state index contributed by atoms with van der Waals surface area (Å²) in [5.74, 6) is 0.775. The van der Waals surface area contributed by atoms with Crippen molar-refractivity contribution in [2.75, 3.05) is 19.5 Å². The number of fused-ring (bicyclic) bond motifs is 2. The number of ether oxygens (including phenoxy) is 2. The number of amides is 1. The van der Waals surface area contributed by atoms with Crippen LogP contribution in [0, 0.1) is 0 Å². The summed E-state index contributed by atoms with van der Waals surface area (Å²) in [5, 5.41) is 3.69. The highest BCUT2D eigenvalue weighted by Gasteiger charge is 2.13.